The van der Waals surface area contributed by atoms with Gasteiger partial charge < -0.3 is 9.30 Å². The molecule has 0 atom stereocenters. The summed E-state index contributed by atoms with van der Waals surface area (Å²) in [5.41, 5.74) is 2.25. The third-order valence-electron chi connectivity index (χ3n) is 2.83. The predicted molar refractivity (Wildman–Crippen MR) is 82.4 cm³/mol. The molecule has 6 heteroatoms. The molecule has 0 spiro atoms. The van der Waals surface area contributed by atoms with Crippen LogP contribution in [-0.4, -0.2) is 28.5 Å². The zero-order valence-corrected chi connectivity index (χ0v) is 14.0. The molecule has 0 aliphatic rings. The molecule has 0 saturated heterocycles. The Morgan fingerprint density at radius 1 is 1.32 bits per heavy atom. The zero-order chi connectivity index (χ0) is 13.8. The fraction of sp³-hybridized carbons (Fsp3) is 0.385. The van der Waals surface area contributed by atoms with Crippen LogP contribution in [0.25, 0.3) is 11.4 Å². The first-order chi connectivity index (χ1) is 9.17. The normalized spacial score (nSPS) is 10.9. The molecular weight excluding hydrogens is 374 g/mol. The minimum atomic E-state index is 0.633. The first-order valence-electron chi connectivity index (χ1n) is 5.91. The Morgan fingerprint density at radius 3 is 2.79 bits per heavy atom. The molecular formula is C13H15Br2N3O. The number of nitrogens with zero attached hydrogens (tertiary/aromatic N) is 3. The number of methoxy groups -OCH3 is 1. The quantitative estimate of drug-likeness (QED) is 0.735. The van der Waals surface area contributed by atoms with Gasteiger partial charge in [0, 0.05) is 23.7 Å². The zero-order valence-electron chi connectivity index (χ0n) is 10.9. The number of ether oxygens (including phenoxy) is 1. The smallest absolute Gasteiger partial charge is 0.165 e. The van der Waals surface area contributed by atoms with Crippen LogP contribution in [0.1, 0.15) is 11.4 Å². The lowest BCUT2D eigenvalue weighted by Gasteiger charge is -2.10. The Morgan fingerprint density at radius 2 is 2.11 bits per heavy atom. The highest BCUT2D eigenvalue weighted by atomic mass is 79.9. The number of hydrogen-bond acceptors (Lipinski definition) is 3. The number of hydrogen-bond donors (Lipinski definition) is 0. The van der Waals surface area contributed by atoms with Crippen LogP contribution in [-0.2, 0) is 16.6 Å². The average molecular weight is 389 g/mol. The van der Waals surface area contributed by atoms with Gasteiger partial charge in [-0.15, -0.1) is 10.2 Å². The van der Waals surface area contributed by atoms with E-state index < -0.39 is 0 Å². The second kappa shape index (κ2) is 6.63. The van der Waals surface area contributed by atoms with E-state index in [1.807, 2.05) is 6.07 Å². The number of aryl methyl sites for hydroxylation is 1. The maximum Gasteiger partial charge on any atom is 0.165 e. The van der Waals surface area contributed by atoms with Gasteiger partial charge in [-0.25, -0.2) is 0 Å². The average Bonchev–Trinajstić information content (AvgIpc) is 2.81. The lowest BCUT2D eigenvalue weighted by molar-refractivity contribution is 0.187. The van der Waals surface area contributed by atoms with Crippen molar-refractivity contribution in [3.8, 4) is 11.4 Å². The van der Waals surface area contributed by atoms with Crippen molar-refractivity contribution < 1.29 is 4.74 Å². The molecule has 102 valence electrons. The second-order valence-corrected chi connectivity index (χ2v) is 5.62. The number of alkyl halides is 1. The van der Waals surface area contributed by atoms with Crippen LogP contribution < -0.4 is 0 Å². The van der Waals surface area contributed by atoms with Crippen molar-refractivity contribution in [3.05, 3.63) is 34.1 Å². The second-order valence-electron chi connectivity index (χ2n) is 4.20. The van der Waals surface area contributed by atoms with Crippen LogP contribution >= 0.6 is 31.9 Å². The largest absolute Gasteiger partial charge is 0.383 e. The standard InChI is InChI=1S/C13H15Br2N3O/c1-9-3-4-11(15)10(7-9)13-17-16-12(8-14)18(13)5-6-19-2/h3-4,7H,5-6,8H2,1-2H3. The van der Waals surface area contributed by atoms with E-state index in [4.69, 9.17) is 4.74 Å². The summed E-state index contributed by atoms with van der Waals surface area (Å²) >= 11 is 7.02. The molecule has 0 radical (unpaired) electrons. The van der Waals surface area contributed by atoms with Gasteiger partial charge in [0.05, 0.1) is 11.9 Å². The molecule has 2 rings (SSSR count). The SMILES string of the molecule is COCCn1c(CBr)nnc1-c1cc(C)ccc1Br. The molecule has 1 heterocycles. The maximum absolute atomic E-state index is 5.16. The fourth-order valence-electron chi connectivity index (χ4n) is 1.86. The van der Waals surface area contributed by atoms with Crippen LogP contribution in [0.15, 0.2) is 22.7 Å². The van der Waals surface area contributed by atoms with E-state index in [1.54, 1.807) is 7.11 Å². The van der Waals surface area contributed by atoms with Gasteiger partial charge in [-0.1, -0.05) is 43.5 Å². The van der Waals surface area contributed by atoms with Crippen LogP contribution in [0, 0.1) is 6.92 Å². The van der Waals surface area contributed by atoms with Crippen molar-refractivity contribution in [2.45, 2.75) is 18.8 Å². The third kappa shape index (κ3) is 3.24. The lowest BCUT2D eigenvalue weighted by atomic mass is 10.1. The number of halogens is 2. The molecule has 0 bridgehead atoms. The van der Waals surface area contributed by atoms with Crippen molar-refractivity contribution in [2.24, 2.45) is 0 Å². The Bertz CT molecular complexity index is 569. The summed E-state index contributed by atoms with van der Waals surface area (Å²) in [6, 6.07) is 6.21. The van der Waals surface area contributed by atoms with Crippen LogP contribution in [0.2, 0.25) is 0 Å². The Labute approximate surface area is 129 Å². The Hall–Kier alpha value is -0.720. The van der Waals surface area contributed by atoms with Crippen molar-refractivity contribution in [3.63, 3.8) is 0 Å². The number of rotatable bonds is 5. The van der Waals surface area contributed by atoms with Crippen molar-refractivity contribution >= 4 is 31.9 Å². The van der Waals surface area contributed by atoms with Gasteiger partial charge in [-0.05, 0) is 19.1 Å². The predicted octanol–water partition coefficient (Wildman–Crippen LogP) is 3.56. The van der Waals surface area contributed by atoms with Gasteiger partial charge in [-0.3, -0.25) is 0 Å². The highest BCUT2D eigenvalue weighted by Gasteiger charge is 2.15. The van der Waals surface area contributed by atoms with Crippen LogP contribution in [0.4, 0.5) is 0 Å². The van der Waals surface area contributed by atoms with E-state index in [9.17, 15) is 0 Å². The minimum absolute atomic E-state index is 0.633. The fourth-order valence-corrected chi connectivity index (χ4v) is 2.70. The van der Waals surface area contributed by atoms with E-state index >= 15 is 0 Å². The first kappa shape index (κ1) is 14.7. The summed E-state index contributed by atoms with van der Waals surface area (Å²) < 4.78 is 8.26. The highest BCUT2D eigenvalue weighted by Crippen LogP contribution is 2.28. The van der Waals surface area contributed by atoms with Crippen molar-refractivity contribution in [1.29, 1.82) is 0 Å². The Balaban J connectivity index is 2.49. The van der Waals surface area contributed by atoms with Crippen LogP contribution in [0.5, 0.6) is 0 Å². The number of benzene rings is 1. The van der Waals surface area contributed by atoms with E-state index in [-0.39, 0.29) is 0 Å². The molecule has 0 fully saturated rings. The van der Waals surface area contributed by atoms with E-state index in [0.29, 0.717) is 11.9 Å². The van der Waals surface area contributed by atoms with Crippen LogP contribution in [0.3, 0.4) is 0 Å². The van der Waals surface area contributed by atoms with Crippen molar-refractivity contribution in [2.75, 3.05) is 13.7 Å². The van der Waals surface area contributed by atoms with Gasteiger partial charge in [0.1, 0.15) is 5.82 Å². The molecule has 1 aromatic carbocycles. The van der Waals surface area contributed by atoms with Gasteiger partial charge in [0.25, 0.3) is 0 Å². The first-order valence-corrected chi connectivity index (χ1v) is 7.82. The maximum atomic E-state index is 5.16. The number of aromatic nitrogens is 3. The summed E-state index contributed by atoms with van der Waals surface area (Å²) in [6.07, 6.45) is 0. The summed E-state index contributed by atoms with van der Waals surface area (Å²) in [6.45, 7) is 3.44. The monoisotopic (exact) mass is 387 g/mol. The lowest BCUT2D eigenvalue weighted by Crippen LogP contribution is -2.09. The molecule has 2 aromatic rings. The van der Waals surface area contributed by atoms with Gasteiger partial charge >= 0.3 is 0 Å². The Kier molecular flexibility index (Phi) is 5.13. The summed E-state index contributed by atoms with van der Waals surface area (Å²) in [4.78, 5) is 0. The van der Waals surface area contributed by atoms with Crippen molar-refractivity contribution in [1.82, 2.24) is 14.8 Å². The summed E-state index contributed by atoms with van der Waals surface area (Å²) in [5.74, 6) is 1.77. The van der Waals surface area contributed by atoms with E-state index in [2.05, 4.69) is 65.7 Å². The molecule has 4 nitrogen and oxygen atoms in total. The molecule has 0 aliphatic heterocycles. The molecule has 0 amide bonds. The minimum Gasteiger partial charge on any atom is -0.383 e. The van der Waals surface area contributed by atoms with Gasteiger partial charge in [-0.2, -0.15) is 0 Å². The molecule has 0 aliphatic carbocycles. The van der Waals surface area contributed by atoms with E-state index in [1.165, 1.54) is 5.56 Å². The molecule has 0 saturated carbocycles. The third-order valence-corrected chi connectivity index (χ3v) is 4.02. The summed E-state index contributed by atoms with van der Waals surface area (Å²) in [5, 5.41) is 9.21. The summed E-state index contributed by atoms with van der Waals surface area (Å²) in [7, 11) is 1.69. The molecule has 0 unspecified atom stereocenters. The van der Waals surface area contributed by atoms with Gasteiger partial charge in [0.15, 0.2) is 5.82 Å². The molecule has 1 aromatic heterocycles. The topological polar surface area (TPSA) is 39.9 Å². The molecule has 0 N–H and O–H groups in total. The highest BCUT2D eigenvalue weighted by molar-refractivity contribution is 9.10. The van der Waals surface area contributed by atoms with Gasteiger partial charge in [0.2, 0.25) is 0 Å². The molecule has 19 heavy (non-hydrogen) atoms. The van der Waals surface area contributed by atoms with E-state index in [0.717, 1.165) is 28.2 Å².